The van der Waals surface area contributed by atoms with E-state index in [1.54, 1.807) is 38.6 Å². The molecule has 1 saturated carbocycles. The number of anilines is 1. The number of alkyl halides is 6. The molecule has 2 N–H and O–H groups in total. The minimum absolute atomic E-state index is 0.0332. The fourth-order valence-corrected chi connectivity index (χ4v) is 8.05. The van der Waals surface area contributed by atoms with Gasteiger partial charge in [0, 0.05) is 21.9 Å². The molecule has 1 aliphatic heterocycles. The van der Waals surface area contributed by atoms with E-state index in [1.807, 2.05) is 12.1 Å². The van der Waals surface area contributed by atoms with Gasteiger partial charge in [-0.15, -0.1) is 11.8 Å². The van der Waals surface area contributed by atoms with Gasteiger partial charge in [-0.05, 0) is 87.1 Å². The van der Waals surface area contributed by atoms with E-state index in [-0.39, 0.29) is 22.9 Å². The number of ether oxygens (including phenoxy) is 1. The summed E-state index contributed by atoms with van der Waals surface area (Å²) < 4.78 is 92.3. The summed E-state index contributed by atoms with van der Waals surface area (Å²) in [5.41, 5.74) is -6.60. The highest BCUT2D eigenvalue weighted by Crippen LogP contribution is 2.51. The fourth-order valence-electron chi connectivity index (χ4n) is 5.11. The van der Waals surface area contributed by atoms with Crippen LogP contribution in [0.1, 0.15) is 77.1 Å². The number of thioether (sulfide) groups is 1. The van der Waals surface area contributed by atoms with Crippen molar-refractivity contribution in [2.45, 2.75) is 119 Å². The zero-order valence-electron chi connectivity index (χ0n) is 28.2. The van der Waals surface area contributed by atoms with Gasteiger partial charge in [0.1, 0.15) is 11.6 Å². The normalized spacial score (nSPS) is 18.4. The lowest BCUT2D eigenvalue weighted by atomic mass is 9.92. The van der Waals surface area contributed by atoms with Crippen molar-refractivity contribution < 1.29 is 50.2 Å². The van der Waals surface area contributed by atoms with Crippen molar-refractivity contribution in [1.29, 1.82) is 0 Å². The smallest absolute Gasteiger partial charge is 0.430 e. The standard InChI is InChI=1S/C33H42F6N2O5SSi/c1-28(2,3)45-27(43)41-18-20-17-23(47-19-30(15-16-30)46-48(7,8)29(4,5)6)13-14-24(20)25(41)26(42)40-22-11-9-21(10-12-22)31(44,32(34,35)36)33(37,38)39/h9-14,17,25,44H,15-16,18-19H2,1-8H3,(H,40,42). The SMILES string of the molecule is CC(C)(C)OC(=O)N1Cc2cc(SCC3(O[Si](C)(C)C(C)(C)C)CC3)ccc2C1C(=O)Nc1ccc(C(O)(C(F)(F)F)C(F)(F)F)cc1. The van der Waals surface area contributed by atoms with Crippen LogP contribution in [0.4, 0.5) is 36.8 Å². The summed E-state index contributed by atoms with van der Waals surface area (Å²) in [6.45, 7) is 16.1. The number of fused-ring (bicyclic) bond motifs is 1. The van der Waals surface area contributed by atoms with Gasteiger partial charge >= 0.3 is 18.4 Å². The summed E-state index contributed by atoms with van der Waals surface area (Å²) in [6, 6.07) is 6.80. The Morgan fingerprint density at radius 3 is 2.00 bits per heavy atom. The second-order valence-electron chi connectivity index (χ2n) is 15.0. The van der Waals surface area contributed by atoms with E-state index in [0.29, 0.717) is 23.3 Å². The molecule has 2 aromatic rings. The molecule has 48 heavy (non-hydrogen) atoms. The van der Waals surface area contributed by atoms with Gasteiger partial charge in [-0.3, -0.25) is 9.69 Å². The second kappa shape index (κ2) is 12.5. The molecule has 7 nitrogen and oxygen atoms in total. The van der Waals surface area contributed by atoms with Crippen LogP contribution in [0.25, 0.3) is 0 Å². The molecule has 1 unspecified atom stereocenters. The Morgan fingerprint density at radius 1 is 0.958 bits per heavy atom. The van der Waals surface area contributed by atoms with Gasteiger partial charge in [0.2, 0.25) is 0 Å². The number of aliphatic hydroxyl groups is 1. The number of hydrogen-bond acceptors (Lipinski definition) is 6. The Kier molecular flexibility index (Phi) is 9.94. The highest BCUT2D eigenvalue weighted by molar-refractivity contribution is 7.99. The molecular weight excluding hydrogens is 679 g/mol. The number of carbonyl (C=O) groups is 2. The molecule has 0 saturated heterocycles. The van der Waals surface area contributed by atoms with Gasteiger partial charge in [-0.1, -0.05) is 39.0 Å². The first-order valence-corrected chi connectivity index (χ1v) is 19.3. The maximum Gasteiger partial charge on any atom is 0.430 e. The summed E-state index contributed by atoms with van der Waals surface area (Å²) in [5, 5.41) is 12.2. The average molecular weight is 721 g/mol. The van der Waals surface area contributed by atoms with Crippen molar-refractivity contribution in [1.82, 2.24) is 4.90 Å². The molecule has 2 amide bonds. The van der Waals surface area contributed by atoms with E-state index < -0.39 is 55.5 Å². The van der Waals surface area contributed by atoms with Crippen LogP contribution in [-0.2, 0) is 26.1 Å². The van der Waals surface area contributed by atoms with Gasteiger partial charge in [0.15, 0.2) is 8.32 Å². The van der Waals surface area contributed by atoms with Crippen LogP contribution < -0.4 is 5.32 Å². The summed E-state index contributed by atoms with van der Waals surface area (Å²) in [4.78, 5) is 29.0. The van der Waals surface area contributed by atoms with Crippen molar-refractivity contribution in [2.75, 3.05) is 11.1 Å². The quantitative estimate of drug-likeness (QED) is 0.161. The highest BCUT2D eigenvalue weighted by Gasteiger charge is 2.71. The predicted octanol–water partition coefficient (Wildman–Crippen LogP) is 9.08. The van der Waals surface area contributed by atoms with Crippen molar-refractivity contribution >= 4 is 37.8 Å². The van der Waals surface area contributed by atoms with Gasteiger partial charge in [-0.2, -0.15) is 26.3 Å². The maximum absolute atomic E-state index is 13.6. The third-order valence-corrected chi connectivity index (χ3v) is 14.7. The first kappa shape index (κ1) is 38.1. The number of halogens is 6. The third kappa shape index (κ3) is 7.84. The maximum atomic E-state index is 13.6. The Labute approximate surface area is 281 Å². The van der Waals surface area contributed by atoms with Crippen LogP contribution >= 0.6 is 11.8 Å². The molecule has 2 aliphatic rings. The molecule has 0 aromatic heterocycles. The topological polar surface area (TPSA) is 88.1 Å². The van der Waals surface area contributed by atoms with Crippen molar-refractivity contribution in [2.24, 2.45) is 0 Å². The summed E-state index contributed by atoms with van der Waals surface area (Å²) in [5.74, 6) is -0.0134. The van der Waals surface area contributed by atoms with E-state index in [2.05, 4.69) is 39.2 Å². The van der Waals surface area contributed by atoms with Crippen molar-refractivity contribution in [3.8, 4) is 0 Å². The minimum Gasteiger partial charge on any atom is -0.444 e. The largest absolute Gasteiger partial charge is 0.444 e. The molecule has 4 rings (SSSR count). The van der Waals surface area contributed by atoms with Crippen LogP contribution in [0.5, 0.6) is 0 Å². The summed E-state index contributed by atoms with van der Waals surface area (Å²) >= 11 is 1.63. The molecule has 0 bridgehead atoms. The molecule has 1 heterocycles. The number of hydrogen-bond donors (Lipinski definition) is 2. The fraction of sp³-hybridized carbons (Fsp3) is 0.576. The Balaban J connectivity index is 1.57. The monoisotopic (exact) mass is 720 g/mol. The molecular formula is C33H42F6N2O5SSi. The van der Waals surface area contributed by atoms with E-state index >= 15 is 0 Å². The molecule has 15 heteroatoms. The molecule has 1 fully saturated rings. The van der Waals surface area contributed by atoms with Crippen LogP contribution in [0.2, 0.25) is 18.1 Å². The molecule has 2 aromatic carbocycles. The van der Waals surface area contributed by atoms with Gasteiger partial charge in [0.25, 0.3) is 11.5 Å². The molecule has 266 valence electrons. The Bertz CT molecular complexity index is 1520. The second-order valence-corrected chi connectivity index (χ2v) is 20.8. The summed E-state index contributed by atoms with van der Waals surface area (Å²) in [7, 11) is -1.99. The average Bonchev–Trinajstić information content (AvgIpc) is 3.56. The van der Waals surface area contributed by atoms with Gasteiger partial charge < -0.3 is 19.6 Å². The van der Waals surface area contributed by atoms with Gasteiger partial charge in [0.05, 0.1) is 12.1 Å². The first-order valence-electron chi connectivity index (χ1n) is 15.4. The minimum atomic E-state index is -6.05. The number of nitrogens with one attached hydrogen (secondary N) is 1. The first-order chi connectivity index (χ1) is 21.7. The number of carbonyl (C=O) groups excluding carboxylic acids is 2. The van der Waals surface area contributed by atoms with Crippen LogP contribution in [0.15, 0.2) is 47.4 Å². The number of rotatable bonds is 8. The lowest BCUT2D eigenvalue weighted by Crippen LogP contribution is -2.53. The Morgan fingerprint density at radius 2 is 1.52 bits per heavy atom. The number of nitrogens with zero attached hydrogens (tertiary/aromatic N) is 1. The van der Waals surface area contributed by atoms with E-state index in [0.717, 1.165) is 35.6 Å². The lowest BCUT2D eigenvalue weighted by molar-refractivity contribution is -0.376. The van der Waals surface area contributed by atoms with Crippen molar-refractivity contribution in [3.05, 3.63) is 59.2 Å². The third-order valence-electron chi connectivity index (χ3n) is 8.92. The van der Waals surface area contributed by atoms with Gasteiger partial charge in [-0.25, -0.2) is 4.79 Å². The van der Waals surface area contributed by atoms with E-state index in [1.165, 1.54) is 4.90 Å². The lowest BCUT2D eigenvalue weighted by Gasteiger charge is -2.39. The highest BCUT2D eigenvalue weighted by atomic mass is 32.2. The van der Waals surface area contributed by atoms with Crippen LogP contribution in [0, 0.1) is 0 Å². The van der Waals surface area contributed by atoms with Crippen molar-refractivity contribution in [3.63, 3.8) is 0 Å². The summed E-state index contributed by atoms with van der Waals surface area (Å²) in [6.07, 6.45) is -10.9. The predicted molar refractivity (Wildman–Crippen MR) is 173 cm³/mol. The molecule has 1 aliphatic carbocycles. The zero-order chi connectivity index (χ0) is 36.3. The molecule has 1 atom stereocenters. The van der Waals surface area contributed by atoms with Crippen LogP contribution in [-0.4, -0.2) is 59.6 Å². The zero-order valence-corrected chi connectivity index (χ0v) is 30.0. The van der Waals surface area contributed by atoms with Crippen LogP contribution in [0.3, 0.4) is 0 Å². The van der Waals surface area contributed by atoms with E-state index in [9.17, 15) is 41.0 Å². The molecule has 0 spiro atoms. The number of benzene rings is 2. The molecule has 0 radical (unpaired) electrons. The number of amides is 2. The Hall–Kier alpha value is -2.75. The van der Waals surface area contributed by atoms with E-state index in [4.69, 9.17) is 9.16 Å².